The lowest BCUT2D eigenvalue weighted by atomic mass is 10.0. The van der Waals surface area contributed by atoms with E-state index in [9.17, 15) is 17.9 Å². The van der Waals surface area contributed by atoms with Gasteiger partial charge < -0.3 is 10.0 Å². The van der Waals surface area contributed by atoms with Gasteiger partial charge in [-0.3, -0.25) is 0 Å². The molecule has 0 spiro atoms. The molecule has 4 nitrogen and oxygen atoms in total. The maximum Gasteiger partial charge on any atom is 0.185 e. The summed E-state index contributed by atoms with van der Waals surface area (Å²) < 4.78 is 38.5. The molecule has 7 heteroatoms. The van der Waals surface area contributed by atoms with Gasteiger partial charge in [0.1, 0.15) is 21.5 Å². The van der Waals surface area contributed by atoms with Gasteiger partial charge in [0, 0.05) is 30.5 Å². The number of nitrogens with zero attached hydrogens (tertiary/aromatic N) is 1. The van der Waals surface area contributed by atoms with Crippen LogP contribution in [0.4, 0.5) is 15.1 Å². The zero-order valence-electron chi connectivity index (χ0n) is 13.2. The van der Waals surface area contributed by atoms with Crippen LogP contribution >= 0.6 is 11.3 Å². The molecule has 128 valence electrons. The normalized spacial score (nSPS) is 23.2. The first-order chi connectivity index (χ1) is 11.4. The van der Waals surface area contributed by atoms with E-state index in [0.29, 0.717) is 5.56 Å². The topological polar surface area (TPSA) is 57.6 Å². The fraction of sp³-hybridized carbons (Fsp3) is 0.412. The fourth-order valence-corrected chi connectivity index (χ4v) is 6.30. The summed E-state index contributed by atoms with van der Waals surface area (Å²) in [4.78, 5) is 2.09. The molecule has 1 aliphatic heterocycles. The summed E-state index contributed by atoms with van der Waals surface area (Å²) in [6.07, 6.45) is 0.326. The Kier molecular flexibility index (Phi) is 3.71. The van der Waals surface area contributed by atoms with E-state index >= 15 is 0 Å². The summed E-state index contributed by atoms with van der Waals surface area (Å²) in [5.74, 6) is 0. The van der Waals surface area contributed by atoms with Crippen LogP contribution in [0.2, 0.25) is 0 Å². The summed E-state index contributed by atoms with van der Waals surface area (Å²) in [7, 11) is -3.51. The molecule has 2 aromatic rings. The summed E-state index contributed by atoms with van der Waals surface area (Å²) in [6, 6.07) is 8.03. The smallest absolute Gasteiger partial charge is 0.185 e. The van der Waals surface area contributed by atoms with E-state index < -0.39 is 22.1 Å². The largest absolute Gasteiger partial charge is 0.385 e. The highest BCUT2D eigenvalue weighted by Gasteiger charge is 2.41. The molecule has 2 heterocycles. The molecule has 1 N–H and O–H groups in total. The molecule has 0 saturated heterocycles. The molecule has 4 rings (SSSR count). The van der Waals surface area contributed by atoms with Crippen molar-refractivity contribution in [3.05, 3.63) is 41.0 Å². The Hall–Kier alpha value is -1.44. The first kappa shape index (κ1) is 16.1. The molecule has 1 aliphatic carbocycles. The molecule has 0 amide bonds. The van der Waals surface area contributed by atoms with Crippen LogP contribution in [0.25, 0.3) is 0 Å². The minimum Gasteiger partial charge on any atom is -0.385 e. The Morgan fingerprint density at radius 3 is 2.83 bits per heavy atom. The molecule has 0 radical (unpaired) electrons. The third-order valence-electron chi connectivity index (χ3n) is 4.72. The predicted octanol–water partition coefficient (Wildman–Crippen LogP) is 3.16. The highest BCUT2D eigenvalue weighted by molar-refractivity contribution is 7.92. The van der Waals surface area contributed by atoms with Crippen molar-refractivity contribution in [1.82, 2.24) is 0 Å². The minimum absolute atomic E-state index is 0.0660. The van der Waals surface area contributed by atoms with Gasteiger partial charge in [-0.1, -0.05) is 18.2 Å². The number of alkyl halides is 1. The summed E-state index contributed by atoms with van der Waals surface area (Å²) >= 11 is 1.16. The molecule has 24 heavy (non-hydrogen) atoms. The van der Waals surface area contributed by atoms with Crippen molar-refractivity contribution in [2.24, 2.45) is 0 Å². The second-order valence-corrected chi connectivity index (χ2v) is 9.62. The molecular weight excluding hydrogens is 349 g/mol. The minimum atomic E-state index is -3.51. The van der Waals surface area contributed by atoms with E-state index in [-0.39, 0.29) is 16.2 Å². The third-order valence-corrected chi connectivity index (χ3v) is 7.84. The van der Waals surface area contributed by atoms with Crippen molar-refractivity contribution >= 4 is 31.9 Å². The number of fused-ring (bicyclic) bond motifs is 2. The third kappa shape index (κ3) is 2.37. The van der Waals surface area contributed by atoms with Crippen molar-refractivity contribution in [1.29, 1.82) is 0 Å². The lowest BCUT2D eigenvalue weighted by Crippen LogP contribution is -2.24. The number of thiophene rings is 1. The van der Waals surface area contributed by atoms with E-state index in [0.717, 1.165) is 47.7 Å². The summed E-state index contributed by atoms with van der Waals surface area (Å²) in [5.41, 5.74) is 3.18. The Bertz CT molecular complexity index is 907. The first-order valence-corrected chi connectivity index (χ1v) is 10.6. The van der Waals surface area contributed by atoms with Crippen LogP contribution in [0.3, 0.4) is 0 Å². The van der Waals surface area contributed by atoms with Crippen LogP contribution in [0, 0.1) is 0 Å². The highest BCUT2D eigenvalue weighted by Crippen LogP contribution is 2.51. The van der Waals surface area contributed by atoms with Gasteiger partial charge in [-0.2, -0.15) is 0 Å². The molecule has 0 unspecified atom stereocenters. The van der Waals surface area contributed by atoms with Crippen molar-refractivity contribution < 1.29 is 17.9 Å². The monoisotopic (exact) mass is 367 g/mol. The molecule has 0 bridgehead atoms. The van der Waals surface area contributed by atoms with Crippen LogP contribution in [0.5, 0.6) is 0 Å². The number of aliphatic hydroxyl groups is 1. The maximum atomic E-state index is 14.1. The molecular formula is C17H18FNO3S2. The Balaban J connectivity index is 1.92. The van der Waals surface area contributed by atoms with E-state index in [1.54, 1.807) is 0 Å². The number of anilines is 2. The molecule has 1 aromatic carbocycles. The van der Waals surface area contributed by atoms with Crippen molar-refractivity contribution in [3.63, 3.8) is 0 Å². The number of rotatable bonds is 2. The average Bonchev–Trinajstić information content (AvgIpc) is 3.05. The standard InChI is InChI=1S/C17H18FNO3S2/c1-24(21,22)17-14-11(9-12(18)15(14)20)16(23-17)19-8-4-6-10-5-2-3-7-13(10)19/h2-3,5,7,12,15,20H,4,6,8-9H2,1H3/t12-,15+/m0/s1. The van der Waals surface area contributed by atoms with Gasteiger partial charge in [0.2, 0.25) is 0 Å². The summed E-state index contributed by atoms with van der Waals surface area (Å²) in [5, 5.41) is 10.9. The Morgan fingerprint density at radius 1 is 1.33 bits per heavy atom. The molecule has 0 fully saturated rings. The van der Waals surface area contributed by atoms with Crippen LogP contribution in [0.15, 0.2) is 28.5 Å². The number of sulfone groups is 1. The van der Waals surface area contributed by atoms with Gasteiger partial charge in [-0.25, -0.2) is 12.8 Å². The summed E-state index contributed by atoms with van der Waals surface area (Å²) in [6.45, 7) is 0.764. The van der Waals surface area contributed by atoms with E-state index in [1.165, 1.54) is 5.56 Å². The quantitative estimate of drug-likeness (QED) is 0.886. The Morgan fingerprint density at radius 2 is 2.08 bits per heavy atom. The maximum absolute atomic E-state index is 14.1. The second kappa shape index (κ2) is 5.54. The van der Waals surface area contributed by atoms with Crippen molar-refractivity contribution in [2.45, 2.75) is 35.7 Å². The van der Waals surface area contributed by atoms with Crippen molar-refractivity contribution in [2.75, 3.05) is 17.7 Å². The van der Waals surface area contributed by atoms with E-state index in [1.807, 2.05) is 18.2 Å². The molecule has 0 saturated carbocycles. The number of aryl methyl sites for hydroxylation is 1. The number of aliphatic hydroxyl groups excluding tert-OH is 1. The van der Waals surface area contributed by atoms with Crippen LogP contribution in [0.1, 0.15) is 29.2 Å². The van der Waals surface area contributed by atoms with Crippen LogP contribution in [-0.2, 0) is 22.7 Å². The number of benzene rings is 1. The van der Waals surface area contributed by atoms with Gasteiger partial charge in [0.05, 0.1) is 0 Å². The number of halogens is 1. The molecule has 2 atom stereocenters. The molecule has 1 aromatic heterocycles. The number of para-hydroxylation sites is 1. The highest BCUT2D eigenvalue weighted by atomic mass is 32.2. The number of hydrogen-bond donors (Lipinski definition) is 1. The SMILES string of the molecule is CS(=O)(=O)c1sc(N2CCCc3ccccc32)c2c1[C@H](O)[C@@H](F)C2. The van der Waals surface area contributed by atoms with Crippen LogP contribution < -0.4 is 4.90 Å². The zero-order chi connectivity index (χ0) is 17.1. The van der Waals surface area contributed by atoms with Crippen LogP contribution in [-0.4, -0.2) is 32.5 Å². The van der Waals surface area contributed by atoms with E-state index in [4.69, 9.17) is 0 Å². The van der Waals surface area contributed by atoms with Gasteiger partial charge in [0.15, 0.2) is 9.84 Å². The van der Waals surface area contributed by atoms with Gasteiger partial charge in [-0.05, 0) is 30.0 Å². The average molecular weight is 367 g/mol. The first-order valence-electron chi connectivity index (χ1n) is 7.91. The van der Waals surface area contributed by atoms with Gasteiger partial charge >= 0.3 is 0 Å². The predicted molar refractivity (Wildman–Crippen MR) is 92.8 cm³/mol. The zero-order valence-corrected chi connectivity index (χ0v) is 14.8. The van der Waals surface area contributed by atoms with E-state index in [2.05, 4.69) is 11.0 Å². The molecule has 2 aliphatic rings. The van der Waals surface area contributed by atoms with Gasteiger partial charge in [-0.15, -0.1) is 11.3 Å². The number of hydrogen-bond acceptors (Lipinski definition) is 5. The Labute approximate surface area is 144 Å². The fourth-order valence-electron chi connectivity index (χ4n) is 3.66. The van der Waals surface area contributed by atoms with Gasteiger partial charge in [0.25, 0.3) is 0 Å². The van der Waals surface area contributed by atoms with Crippen molar-refractivity contribution in [3.8, 4) is 0 Å². The lowest BCUT2D eigenvalue weighted by Gasteiger charge is -2.31. The lowest BCUT2D eigenvalue weighted by molar-refractivity contribution is 0.0910. The second-order valence-electron chi connectivity index (χ2n) is 6.41.